The lowest BCUT2D eigenvalue weighted by Gasteiger charge is -2.29. The first-order valence-corrected chi connectivity index (χ1v) is 14.1. The summed E-state index contributed by atoms with van der Waals surface area (Å²) >= 11 is 12.2. The minimum Gasteiger partial charge on any atom is -0.354 e. The molecule has 2 rings (SSSR count). The van der Waals surface area contributed by atoms with E-state index in [0.29, 0.717) is 28.7 Å². The highest BCUT2D eigenvalue weighted by Gasteiger charge is 2.26. The Morgan fingerprint density at radius 3 is 2.29 bits per heavy atom. The van der Waals surface area contributed by atoms with Gasteiger partial charge in [0.2, 0.25) is 21.8 Å². The largest absolute Gasteiger partial charge is 0.354 e. The zero-order valence-corrected chi connectivity index (χ0v) is 22.9. The average Bonchev–Trinajstić information content (AvgIpc) is 2.80. The van der Waals surface area contributed by atoms with E-state index < -0.39 is 16.1 Å². The maximum Gasteiger partial charge on any atom is 0.242 e. The Kier molecular flexibility index (Phi) is 10.9. The minimum atomic E-state index is -3.53. The lowest BCUT2D eigenvalue weighted by Crippen LogP contribution is -2.47. The molecular formula is C25H33Cl2N3O4S. The summed E-state index contributed by atoms with van der Waals surface area (Å²) in [6.45, 7) is 6.38. The maximum atomic E-state index is 13.3. The Bertz CT molecular complexity index is 1120. The van der Waals surface area contributed by atoms with Crippen LogP contribution in [0.15, 0.2) is 42.5 Å². The van der Waals surface area contributed by atoms with Gasteiger partial charge < -0.3 is 10.2 Å². The van der Waals surface area contributed by atoms with Gasteiger partial charge in [-0.2, -0.15) is 0 Å². The fourth-order valence-corrected chi connectivity index (χ4v) is 4.81. The van der Waals surface area contributed by atoms with Gasteiger partial charge in [-0.25, -0.2) is 8.42 Å². The van der Waals surface area contributed by atoms with Crippen molar-refractivity contribution in [2.24, 2.45) is 0 Å². The van der Waals surface area contributed by atoms with Crippen LogP contribution in [0.4, 0.5) is 5.69 Å². The number of amides is 2. The molecule has 10 heteroatoms. The molecule has 0 spiro atoms. The first kappa shape index (κ1) is 28.9. The normalized spacial score (nSPS) is 12.2. The monoisotopic (exact) mass is 541 g/mol. The Labute approximate surface area is 218 Å². The van der Waals surface area contributed by atoms with Gasteiger partial charge in [0.15, 0.2) is 0 Å². The molecule has 2 aromatic rings. The third kappa shape index (κ3) is 8.70. The van der Waals surface area contributed by atoms with E-state index in [4.69, 9.17) is 23.2 Å². The van der Waals surface area contributed by atoms with Gasteiger partial charge in [0.1, 0.15) is 6.04 Å². The summed E-state index contributed by atoms with van der Waals surface area (Å²) in [7, 11) is -3.53. The molecule has 1 N–H and O–H groups in total. The summed E-state index contributed by atoms with van der Waals surface area (Å²) in [5.74, 6) is -0.509. The zero-order chi connectivity index (χ0) is 26.2. The summed E-state index contributed by atoms with van der Waals surface area (Å²) in [6, 6.07) is 11.5. The Hall–Kier alpha value is -2.29. The highest BCUT2D eigenvalue weighted by Crippen LogP contribution is 2.24. The number of nitrogens with one attached hydrogen (secondary N) is 1. The van der Waals surface area contributed by atoms with Crippen molar-refractivity contribution in [3.8, 4) is 0 Å². The fraction of sp³-hybridized carbons (Fsp3) is 0.440. The van der Waals surface area contributed by atoms with Gasteiger partial charge in [-0.3, -0.25) is 13.9 Å². The van der Waals surface area contributed by atoms with Gasteiger partial charge in [0.05, 0.1) is 22.0 Å². The number of benzene rings is 2. The van der Waals surface area contributed by atoms with E-state index in [0.717, 1.165) is 23.8 Å². The van der Waals surface area contributed by atoms with Crippen LogP contribution in [0.25, 0.3) is 0 Å². The van der Waals surface area contributed by atoms with Crippen LogP contribution in [0, 0.1) is 6.92 Å². The van der Waals surface area contributed by atoms with Crippen molar-refractivity contribution in [2.45, 2.75) is 52.6 Å². The van der Waals surface area contributed by atoms with E-state index in [1.165, 1.54) is 9.21 Å². The Balaban J connectivity index is 2.17. The molecule has 0 heterocycles. The Morgan fingerprint density at radius 2 is 1.71 bits per heavy atom. The third-order valence-electron chi connectivity index (χ3n) is 5.53. The molecule has 35 heavy (non-hydrogen) atoms. The van der Waals surface area contributed by atoms with E-state index in [9.17, 15) is 18.0 Å². The second-order valence-electron chi connectivity index (χ2n) is 8.51. The van der Waals surface area contributed by atoms with Crippen LogP contribution in [0.3, 0.4) is 0 Å². The zero-order valence-electron chi connectivity index (χ0n) is 20.6. The summed E-state index contributed by atoms with van der Waals surface area (Å²) in [5.41, 5.74) is 2.30. The lowest BCUT2D eigenvalue weighted by atomic mass is 10.1. The number of carbonyl (C=O) groups excluding carboxylic acids is 2. The predicted octanol–water partition coefficient (Wildman–Crippen LogP) is 4.79. The molecule has 7 nitrogen and oxygen atoms in total. The lowest BCUT2D eigenvalue weighted by molar-refractivity contribution is -0.140. The smallest absolute Gasteiger partial charge is 0.242 e. The molecule has 2 amide bonds. The number of nitrogens with zero attached hydrogens (tertiary/aromatic N) is 2. The van der Waals surface area contributed by atoms with Crippen LogP contribution in [-0.4, -0.2) is 50.5 Å². The average molecular weight is 543 g/mol. The maximum absolute atomic E-state index is 13.3. The highest BCUT2D eigenvalue weighted by molar-refractivity contribution is 7.92. The number of hydrogen-bond donors (Lipinski definition) is 1. The van der Waals surface area contributed by atoms with Crippen LogP contribution >= 0.6 is 23.2 Å². The first-order valence-electron chi connectivity index (χ1n) is 11.5. The van der Waals surface area contributed by atoms with Gasteiger partial charge in [-0.1, -0.05) is 53.9 Å². The van der Waals surface area contributed by atoms with Crippen molar-refractivity contribution in [1.82, 2.24) is 10.2 Å². The number of rotatable bonds is 12. The SMILES string of the molecule is CCCNC(=O)[C@H](C)N(Cc1ccc(Cl)c(Cl)c1)C(=O)CCCN(c1ccc(C)cc1)S(C)(=O)=O. The van der Waals surface area contributed by atoms with Crippen molar-refractivity contribution in [3.63, 3.8) is 0 Å². The predicted molar refractivity (Wildman–Crippen MR) is 142 cm³/mol. The van der Waals surface area contributed by atoms with E-state index in [1.54, 1.807) is 37.3 Å². The molecule has 0 aliphatic carbocycles. The van der Waals surface area contributed by atoms with Gasteiger partial charge >= 0.3 is 0 Å². The number of sulfonamides is 1. The van der Waals surface area contributed by atoms with E-state index >= 15 is 0 Å². The molecule has 0 radical (unpaired) electrons. The fourth-order valence-electron chi connectivity index (χ4n) is 3.53. The molecule has 192 valence electrons. The van der Waals surface area contributed by atoms with Gasteiger partial charge in [-0.05, 0) is 56.5 Å². The van der Waals surface area contributed by atoms with Gasteiger partial charge in [-0.15, -0.1) is 0 Å². The molecule has 1 atom stereocenters. The topological polar surface area (TPSA) is 86.8 Å². The molecule has 0 aliphatic rings. The van der Waals surface area contributed by atoms with Gasteiger partial charge in [0, 0.05) is 26.1 Å². The van der Waals surface area contributed by atoms with Crippen LogP contribution in [-0.2, 0) is 26.2 Å². The molecular weight excluding hydrogens is 509 g/mol. The molecule has 0 fully saturated rings. The molecule has 0 saturated heterocycles. The second-order valence-corrected chi connectivity index (χ2v) is 11.2. The van der Waals surface area contributed by atoms with Crippen molar-refractivity contribution < 1.29 is 18.0 Å². The van der Waals surface area contributed by atoms with E-state index in [-0.39, 0.29) is 31.3 Å². The van der Waals surface area contributed by atoms with Crippen molar-refractivity contribution in [3.05, 3.63) is 63.6 Å². The van der Waals surface area contributed by atoms with Gasteiger partial charge in [0.25, 0.3) is 0 Å². The molecule has 0 unspecified atom stereocenters. The van der Waals surface area contributed by atoms with Crippen LogP contribution < -0.4 is 9.62 Å². The van der Waals surface area contributed by atoms with E-state index in [1.807, 2.05) is 26.0 Å². The molecule has 0 aromatic heterocycles. The van der Waals surface area contributed by atoms with E-state index in [2.05, 4.69) is 5.32 Å². The molecule has 2 aromatic carbocycles. The standard InChI is InChI=1S/C25H33Cl2N3O4S/c1-5-14-28-25(32)19(3)29(17-20-10-13-22(26)23(27)16-20)24(31)7-6-15-30(35(4,33)34)21-11-8-18(2)9-12-21/h8-13,16,19H,5-7,14-15,17H2,1-4H3,(H,28,32)/t19-/m0/s1. The number of aryl methyl sites for hydroxylation is 1. The highest BCUT2D eigenvalue weighted by atomic mass is 35.5. The number of anilines is 1. The van der Waals surface area contributed by atoms with Crippen LogP contribution in [0.2, 0.25) is 10.0 Å². The molecule has 0 aliphatic heterocycles. The number of hydrogen-bond acceptors (Lipinski definition) is 4. The summed E-state index contributed by atoms with van der Waals surface area (Å²) in [4.78, 5) is 27.4. The summed E-state index contributed by atoms with van der Waals surface area (Å²) in [6.07, 6.45) is 2.29. The Morgan fingerprint density at radius 1 is 1.06 bits per heavy atom. The summed E-state index contributed by atoms with van der Waals surface area (Å²) in [5, 5.41) is 3.59. The van der Waals surface area contributed by atoms with Crippen molar-refractivity contribution in [1.29, 1.82) is 0 Å². The van der Waals surface area contributed by atoms with Crippen LogP contribution in [0.5, 0.6) is 0 Å². The minimum absolute atomic E-state index is 0.0740. The molecule has 0 saturated carbocycles. The van der Waals surface area contributed by atoms with Crippen LogP contribution in [0.1, 0.15) is 44.2 Å². The second kappa shape index (κ2) is 13.1. The number of halogens is 2. The van der Waals surface area contributed by atoms with Crippen molar-refractivity contribution in [2.75, 3.05) is 23.7 Å². The third-order valence-corrected chi connectivity index (χ3v) is 7.46. The summed E-state index contributed by atoms with van der Waals surface area (Å²) < 4.78 is 26.1. The van der Waals surface area contributed by atoms with Crippen molar-refractivity contribution >= 4 is 50.7 Å². The quantitative estimate of drug-likeness (QED) is 0.418. The first-order chi connectivity index (χ1) is 16.4. The molecule has 0 bridgehead atoms. The number of carbonyl (C=O) groups is 2.